The van der Waals surface area contributed by atoms with Crippen LogP contribution in [0.3, 0.4) is 0 Å². The van der Waals surface area contributed by atoms with Crippen LogP contribution in [0.4, 0.5) is 0 Å². The van der Waals surface area contributed by atoms with Crippen LogP contribution in [0.25, 0.3) is 0 Å². The van der Waals surface area contributed by atoms with Gasteiger partial charge in [0.2, 0.25) is 0 Å². The maximum Gasteiger partial charge on any atom is 0.169 e. The van der Waals surface area contributed by atoms with E-state index in [1.54, 1.807) is 7.11 Å². The van der Waals surface area contributed by atoms with Crippen molar-refractivity contribution in [3.05, 3.63) is 35.9 Å². The lowest BCUT2D eigenvalue weighted by Crippen LogP contribution is -2.43. The first-order valence-electron chi connectivity index (χ1n) is 7.97. The minimum absolute atomic E-state index is 0.294. The van der Waals surface area contributed by atoms with Crippen LogP contribution < -0.4 is 5.32 Å². The molecule has 0 bridgehead atoms. The van der Waals surface area contributed by atoms with Crippen molar-refractivity contribution in [2.45, 2.75) is 31.9 Å². The van der Waals surface area contributed by atoms with Crippen LogP contribution in [0.2, 0.25) is 0 Å². The molecule has 1 saturated heterocycles. The van der Waals surface area contributed by atoms with Crippen LogP contribution >= 0.6 is 12.2 Å². The Morgan fingerprint density at radius 3 is 2.91 bits per heavy atom. The maximum atomic E-state index is 5.77. The summed E-state index contributed by atoms with van der Waals surface area (Å²) in [4.78, 5) is 2.22. The van der Waals surface area contributed by atoms with Gasteiger partial charge in [0.05, 0.1) is 6.10 Å². The molecule has 1 heterocycles. The van der Waals surface area contributed by atoms with Gasteiger partial charge < -0.3 is 19.7 Å². The summed E-state index contributed by atoms with van der Waals surface area (Å²) in [5.41, 5.74) is 1.27. The Kier molecular flexibility index (Phi) is 7.63. The molecule has 0 aliphatic carbocycles. The fraction of sp³-hybridized carbons (Fsp3) is 0.588. The Morgan fingerprint density at radius 2 is 2.23 bits per heavy atom. The van der Waals surface area contributed by atoms with Crippen molar-refractivity contribution in [2.24, 2.45) is 0 Å². The lowest BCUT2D eigenvalue weighted by Gasteiger charge is -2.28. The van der Waals surface area contributed by atoms with Crippen LogP contribution in [-0.4, -0.2) is 49.5 Å². The lowest BCUT2D eigenvalue weighted by molar-refractivity contribution is 0.0897. The molecule has 2 rings (SSSR count). The molecular weight excluding hydrogens is 296 g/mol. The van der Waals surface area contributed by atoms with E-state index >= 15 is 0 Å². The zero-order valence-electron chi connectivity index (χ0n) is 13.3. The Balaban J connectivity index is 1.89. The quantitative estimate of drug-likeness (QED) is 0.588. The van der Waals surface area contributed by atoms with E-state index in [0.717, 1.165) is 57.2 Å². The molecule has 0 unspecified atom stereocenters. The summed E-state index contributed by atoms with van der Waals surface area (Å²) in [6.45, 7) is 4.13. The van der Waals surface area contributed by atoms with Gasteiger partial charge in [0.15, 0.2) is 5.11 Å². The van der Waals surface area contributed by atoms with Gasteiger partial charge in [0, 0.05) is 40.0 Å². The van der Waals surface area contributed by atoms with Crippen LogP contribution in [0.1, 0.15) is 24.8 Å². The van der Waals surface area contributed by atoms with Gasteiger partial charge in [-0.3, -0.25) is 0 Å². The first-order valence-corrected chi connectivity index (χ1v) is 8.37. The van der Waals surface area contributed by atoms with Gasteiger partial charge in [-0.1, -0.05) is 30.3 Å². The molecule has 0 spiro atoms. The van der Waals surface area contributed by atoms with Gasteiger partial charge in [-0.2, -0.15) is 0 Å². The first kappa shape index (κ1) is 17.2. The third-order valence-electron chi connectivity index (χ3n) is 3.75. The van der Waals surface area contributed by atoms with E-state index < -0.39 is 0 Å². The van der Waals surface area contributed by atoms with Crippen LogP contribution in [0.15, 0.2) is 30.3 Å². The van der Waals surface area contributed by atoms with E-state index in [1.807, 2.05) is 6.07 Å². The Bertz CT molecular complexity index is 436. The zero-order valence-corrected chi connectivity index (χ0v) is 14.1. The molecule has 1 aliphatic rings. The van der Waals surface area contributed by atoms with Crippen molar-refractivity contribution in [1.29, 1.82) is 0 Å². The molecule has 1 fully saturated rings. The number of rotatable bonds is 8. The molecule has 1 aromatic rings. The standard InChI is InChI=1S/C17H26N2O2S/c1-20-11-6-10-18-17(22)19(14-16-9-5-12-21-16)13-15-7-3-2-4-8-15/h2-4,7-8,16H,5-6,9-14H2,1H3,(H,18,22)/t16-/m0/s1. The lowest BCUT2D eigenvalue weighted by atomic mass is 10.2. The van der Waals surface area contributed by atoms with Crippen molar-refractivity contribution >= 4 is 17.3 Å². The van der Waals surface area contributed by atoms with Crippen molar-refractivity contribution in [2.75, 3.05) is 33.4 Å². The fourth-order valence-corrected chi connectivity index (χ4v) is 2.82. The molecule has 0 amide bonds. The molecule has 0 saturated carbocycles. The number of benzene rings is 1. The topological polar surface area (TPSA) is 33.7 Å². The number of nitrogens with one attached hydrogen (secondary N) is 1. The largest absolute Gasteiger partial charge is 0.385 e. The molecule has 122 valence electrons. The summed E-state index contributed by atoms with van der Waals surface area (Å²) in [5.74, 6) is 0. The highest BCUT2D eigenvalue weighted by molar-refractivity contribution is 7.80. The normalized spacial score (nSPS) is 17.4. The average molecular weight is 322 g/mol. The highest BCUT2D eigenvalue weighted by atomic mass is 32.1. The minimum atomic E-state index is 0.294. The Morgan fingerprint density at radius 1 is 1.41 bits per heavy atom. The van der Waals surface area contributed by atoms with Gasteiger partial charge in [0.25, 0.3) is 0 Å². The summed E-state index contributed by atoms with van der Waals surface area (Å²) in [7, 11) is 1.72. The van der Waals surface area contributed by atoms with E-state index in [0.29, 0.717) is 6.10 Å². The second kappa shape index (κ2) is 9.77. The average Bonchev–Trinajstić information content (AvgIpc) is 3.05. The summed E-state index contributed by atoms with van der Waals surface area (Å²) < 4.78 is 10.8. The zero-order chi connectivity index (χ0) is 15.6. The smallest absolute Gasteiger partial charge is 0.169 e. The number of thiocarbonyl (C=S) groups is 1. The number of nitrogens with zero attached hydrogens (tertiary/aromatic N) is 1. The van der Waals surface area contributed by atoms with E-state index in [-0.39, 0.29) is 0 Å². The second-order valence-corrected chi connectivity index (χ2v) is 5.97. The monoisotopic (exact) mass is 322 g/mol. The van der Waals surface area contributed by atoms with Gasteiger partial charge >= 0.3 is 0 Å². The third-order valence-corrected chi connectivity index (χ3v) is 4.16. The minimum Gasteiger partial charge on any atom is -0.385 e. The van der Waals surface area contributed by atoms with E-state index in [2.05, 4.69) is 34.5 Å². The molecular formula is C17H26N2O2S. The fourth-order valence-electron chi connectivity index (χ4n) is 2.58. The van der Waals surface area contributed by atoms with Crippen LogP contribution in [0.5, 0.6) is 0 Å². The van der Waals surface area contributed by atoms with E-state index in [1.165, 1.54) is 5.56 Å². The van der Waals surface area contributed by atoms with Gasteiger partial charge in [-0.05, 0) is 37.0 Å². The van der Waals surface area contributed by atoms with Crippen LogP contribution in [0, 0.1) is 0 Å². The maximum absolute atomic E-state index is 5.77. The third kappa shape index (κ3) is 5.91. The molecule has 5 heteroatoms. The predicted octanol–water partition coefficient (Wildman–Crippen LogP) is 2.58. The Hall–Kier alpha value is -1.17. The van der Waals surface area contributed by atoms with Gasteiger partial charge in [-0.15, -0.1) is 0 Å². The van der Waals surface area contributed by atoms with Gasteiger partial charge in [0.1, 0.15) is 0 Å². The molecule has 1 aromatic carbocycles. The molecule has 22 heavy (non-hydrogen) atoms. The number of ether oxygens (including phenoxy) is 2. The van der Waals surface area contributed by atoms with Crippen molar-refractivity contribution in [3.8, 4) is 0 Å². The molecule has 1 atom stereocenters. The summed E-state index contributed by atoms with van der Waals surface area (Å²) in [5, 5.41) is 4.13. The molecule has 0 radical (unpaired) electrons. The molecule has 0 aromatic heterocycles. The van der Waals surface area contributed by atoms with E-state index in [9.17, 15) is 0 Å². The Labute approximate surface area is 138 Å². The van der Waals surface area contributed by atoms with Gasteiger partial charge in [-0.25, -0.2) is 0 Å². The summed E-state index contributed by atoms with van der Waals surface area (Å²) in [6.07, 6.45) is 3.52. The number of hydrogen-bond acceptors (Lipinski definition) is 3. The molecule has 1 N–H and O–H groups in total. The highest BCUT2D eigenvalue weighted by Crippen LogP contribution is 2.15. The predicted molar refractivity (Wildman–Crippen MR) is 92.9 cm³/mol. The second-order valence-electron chi connectivity index (χ2n) is 5.58. The summed E-state index contributed by atoms with van der Waals surface area (Å²) >= 11 is 5.58. The summed E-state index contributed by atoms with van der Waals surface area (Å²) in [6, 6.07) is 10.4. The number of hydrogen-bond donors (Lipinski definition) is 1. The number of methoxy groups -OCH3 is 1. The highest BCUT2D eigenvalue weighted by Gasteiger charge is 2.20. The SMILES string of the molecule is COCCCNC(=S)N(Cc1ccccc1)C[C@@H]1CCCO1. The molecule has 4 nitrogen and oxygen atoms in total. The van der Waals surface area contributed by atoms with Crippen molar-refractivity contribution < 1.29 is 9.47 Å². The van der Waals surface area contributed by atoms with E-state index in [4.69, 9.17) is 21.7 Å². The van der Waals surface area contributed by atoms with Crippen molar-refractivity contribution in [3.63, 3.8) is 0 Å². The van der Waals surface area contributed by atoms with Crippen LogP contribution in [-0.2, 0) is 16.0 Å². The van der Waals surface area contributed by atoms with Crippen molar-refractivity contribution in [1.82, 2.24) is 10.2 Å². The molecule has 1 aliphatic heterocycles. The first-order chi connectivity index (χ1) is 10.8.